The first-order valence-electron chi connectivity index (χ1n) is 8.79. The zero-order valence-electron chi connectivity index (χ0n) is 13.9. The van der Waals surface area contributed by atoms with Gasteiger partial charge in [0.05, 0.1) is 5.69 Å². The Morgan fingerprint density at radius 3 is 2.17 bits per heavy atom. The molecule has 1 aromatic carbocycles. The molecule has 0 bridgehead atoms. The van der Waals surface area contributed by atoms with Crippen molar-refractivity contribution in [1.82, 2.24) is 14.8 Å². The van der Waals surface area contributed by atoms with Crippen molar-refractivity contribution >= 4 is 0 Å². The van der Waals surface area contributed by atoms with Gasteiger partial charge in [-0.3, -0.25) is 9.88 Å². The second-order valence-corrected chi connectivity index (χ2v) is 6.38. The minimum Gasteiger partial charge on any atom is -0.303 e. The van der Waals surface area contributed by atoms with Gasteiger partial charge in [0.15, 0.2) is 0 Å². The van der Waals surface area contributed by atoms with Gasteiger partial charge in [0.25, 0.3) is 0 Å². The van der Waals surface area contributed by atoms with Gasteiger partial charge in [-0.1, -0.05) is 36.4 Å². The molecule has 3 rings (SSSR count). The standard InChI is InChI=1S/C20H27N3/c1-2-8-19(9-3-1)11-17-22-13-6-15-23(16-7-14-22)18-20-10-4-5-12-21-20/h1-5,8-10,12H,6-7,11,13-18H2. The first-order valence-corrected chi connectivity index (χ1v) is 8.79. The molecule has 1 saturated heterocycles. The Labute approximate surface area is 140 Å². The third kappa shape index (κ3) is 5.45. The van der Waals surface area contributed by atoms with Gasteiger partial charge < -0.3 is 4.90 Å². The molecule has 122 valence electrons. The van der Waals surface area contributed by atoms with E-state index >= 15 is 0 Å². The largest absolute Gasteiger partial charge is 0.303 e. The number of rotatable bonds is 5. The lowest BCUT2D eigenvalue weighted by Crippen LogP contribution is -2.37. The molecule has 0 amide bonds. The van der Waals surface area contributed by atoms with Crippen molar-refractivity contribution in [2.75, 3.05) is 32.7 Å². The molecule has 0 radical (unpaired) electrons. The summed E-state index contributed by atoms with van der Waals surface area (Å²) >= 11 is 0. The second kappa shape index (κ2) is 8.80. The molecular formula is C20H27N3. The SMILES string of the molecule is c1ccc(CCN2CCCN(Cc3ccccn3)CCC2)cc1. The molecule has 1 aliphatic rings. The van der Waals surface area contributed by atoms with Crippen LogP contribution < -0.4 is 0 Å². The third-order valence-corrected chi connectivity index (χ3v) is 4.57. The van der Waals surface area contributed by atoms with E-state index in [2.05, 4.69) is 57.2 Å². The van der Waals surface area contributed by atoms with E-state index < -0.39 is 0 Å². The highest BCUT2D eigenvalue weighted by atomic mass is 15.2. The molecule has 0 unspecified atom stereocenters. The fourth-order valence-corrected chi connectivity index (χ4v) is 3.29. The molecule has 0 saturated carbocycles. The fourth-order valence-electron chi connectivity index (χ4n) is 3.29. The van der Waals surface area contributed by atoms with Gasteiger partial charge in [0.1, 0.15) is 0 Å². The minimum atomic E-state index is 0.991. The molecule has 3 nitrogen and oxygen atoms in total. The zero-order valence-corrected chi connectivity index (χ0v) is 13.9. The maximum absolute atomic E-state index is 4.45. The van der Waals surface area contributed by atoms with Crippen molar-refractivity contribution in [3.05, 3.63) is 66.0 Å². The monoisotopic (exact) mass is 309 g/mol. The Morgan fingerprint density at radius 2 is 1.48 bits per heavy atom. The molecule has 3 heteroatoms. The van der Waals surface area contributed by atoms with Crippen LogP contribution in [0.4, 0.5) is 0 Å². The van der Waals surface area contributed by atoms with E-state index in [1.165, 1.54) is 63.2 Å². The number of benzene rings is 1. The van der Waals surface area contributed by atoms with E-state index in [9.17, 15) is 0 Å². The zero-order chi connectivity index (χ0) is 15.7. The highest BCUT2D eigenvalue weighted by Crippen LogP contribution is 2.09. The Morgan fingerprint density at radius 1 is 0.783 bits per heavy atom. The summed E-state index contributed by atoms with van der Waals surface area (Å²) in [5.41, 5.74) is 2.64. The van der Waals surface area contributed by atoms with Crippen LogP contribution in [-0.2, 0) is 13.0 Å². The van der Waals surface area contributed by atoms with Gasteiger partial charge in [0, 0.05) is 19.3 Å². The van der Waals surface area contributed by atoms with Gasteiger partial charge in [-0.25, -0.2) is 0 Å². The number of aromatic nitrogens is 1. The van der Waals surface area contributed by atoms with Crippen molar-refractivity contribution < 1.29 is 0 Å². The number of nitrogens with zero attached hydrogens (tertiary/aromatic N) is 3. The van der Waals surface area contributed by atoms with Crippen LogP contribution in [0.2, 0.25) is 0 Å². The van der Waals surface area contributed by atoms with Crippen molar-refractivity contribution in [3.63, 3.8) is 0 Å². The molecule has 1 aliphatic heterocycles. The molecule has 0 N–H and O–H groups in total. The highest BCUT2D eigenvalue weighted by Gasteiger charge is 2.13. The first kappa shape index (κ1) is 16.2. The molecule has 1 fully saturated rings. The third-order valence-electron chi connectivity index (χ3n) is 4.57. The number of hydrogen-bond donors (Lipinski definition) is 0. The predicted octanol–water partition coefficient (Wildman–Crippen LogP) is 3.22. The van der Waals surface area contributed by atoms with Crippen LogP contribution in [0.3, 0.4) is 0 Å². The first-order chi connectivity index (χ1) is 11.4. The van der Waals surface area contributed by atoms with Crippen LogP contribution in [0.1, 0.15) is 24.1 Å². The summed E-state index contributed by atoms with van der Waals surface area (Å²) < 4.78 is 0. The van der Waals surface area contributed by atoms with Crippen molar-refractivity contribution in [3.8, 4) is 0 Å². The summed E-state index contributed by atoms with van der Waals surface area (Å²) in [7, 11) is 0. The topological polar surface area (TPSA) is 19.4 Å². The quantitative estimate of drug-likeness (QED) is 0.845. The van der Waals surface area contributed by atoms with Crippen LogP contribution in [0.5, 0.6) is 0 Å². The molecule has 0 aliphatic carbocycles. The average Bonchev–Trinajstić information content (AvgIpc) is 2.58. The molecule has 2 heterocycles. The Balaban J connectivity index is 1.42. The number of hydrogen-bond acceptors (Lipinski definition) is 3. The minimum absolute atomic E-state index is 0.991. The summed E-state index contributed by atoms with van der Waals surface area (Å²) in [5.74, 6) is 0. The van der Waals surface area contributed by atoms with Crippen LogP contribution in [0, 0.1) is 0 Å². The Kier molecular flexibility index (Phi) is 6.18. The molecule has 0 spiro atoms. The summed E-state index contributed by atoms with van der Waals surface area (Å²) in [6, 6.07) is 17.0. The average molecular weight is 309 g/mol. The maximum atomic E-state index is 4.45. The molecular weight excluding hydrogens is 282 g/mol. The van der Waals surface area contributed by atoms with Crippen LogP contribution in [-0.4, -0.2) is 47.5 Å². The van der Waals surface area contributed by atoms with Crippen molar-refractivity contribution in [2.45, 2.75) is 25.8 Å². The van der Waals surface area contributed by atoms with Crippen LogP contribution >= 0.6 is 0 Å². The molecule has 2 aromatic rings. The second-order valence-electron chi connectivity index (χ2n) is 6.38. The lowest BCUT2D eigenvalue weighted by Gasteiger charge is -2.30. The predicted molar refractivity (Wildman–Crippen MR) is 95.3 cm³/mol. The fraction of sp³-hybridized carbons (Fsp3) is 0.450. The van der Waals surface area contributed by atoms with Gasteiger partial charge >= 0.3 is 0 Å². The molecule has 0 atom stereocenters. The lowest BCUT2D eigenvalue weighted by molar-refractivity contribution is 0.177. The van der Waals surface area contributed by atoms with Crippen molar-refractivity contribution in [1.29, 1.82) is 0 Å². The summed E-state index contributed by atoms with van der Waals surface area (Å²) in [6.45, 7) is 6.96. The van der Waals surface area contributed by atoms with Gasteiger partial charge in [-0.15, -0.1) is 0 Å². The summed E-state index contributed by atoms with van der Waals surface area (Å²) in [6.07, 6.45) is 5.56. The smallest absolute Gasteiger partial charge is 0.0543 e. The van der Waals surface area contributed by atoms with E-state index in [4.69, 9.17) is 0 Å². The van der Waals surface area contributed by atoms with E-state index in [1.54, 1.807) is 0 Å². The van der Waals surface area contributed by atoms with Crippen LogP contribution in [0.25, 0.3) is 0 Å². The number of pyridine rings is 1. The van der Waals surface area contributed by atoms with E-state index in [-0.39, 0.29) is 0 Å². The highest BCUT2D eigenvalue weighted by molar-refractivity contribution is 5.14. The summed E-state index contributed by atoms with van der Waals surface area (Å²) in [4.78, 5) is 9.64. The molecule has 1 aromatic heterocycles. The van der Waals surface area contributed by atoms with Gasteiger partial charge in [0.2, 0.25) is 0 Å². The Hall–Kier alpha value is -1.71. The van der Waals surface area contributed by atoms with Crippen molar-refractivity contribution in [2.24, 2.45) is 0 Å². The summed E-state index contributed by atoms with van der Waals surface area (Å²) in [5, 5.41) is 0. The maximum Gasteiger partial charge on any atom is 0.0543 e. The van der Waals surface area contributed by atoms with Crippen LogP contribution in [0.15, 0.2) is 54.7 Å². The van der Waals surface area contributed by atoms with E-state index in [0.29, 0.717) is 0 Å². The normalized spacial score (nSPS) is 17.6. The van der Waals surface area contributed by atoms with Gasteiger partial charge in [-0.2, -0.15) is 0 Å². The van der Waals surface area contributed by atoms with E-state index in [0.717, 1.165) is 6.54 Å². The van der Waals surface area contributed by atoms with Gasteiger partial charge in [-0.05, 0) is 63.1 Å². The Bertz CT molecular complexity index is 546. The molecule has 23 heavy (non-hydrogen) atoms. The lowest BCUT2D eigenvalue weighted by atomic mass is 10.1. The van der Waals surface area contributed by atoms with E-state index in [1.807, 2.05) is 12.3 Å².